The third kappa shape index (κ3) is 3.57. The summed E-state index contributed by atoms with van der Waals surface area (Å²) in [5.41, 5.74) is 0. The number of amides is 1. The molecule has 2 fully saturated rings. The van der Waals surface area contributed by atoms with E-state index in [1.807, 2.05) is 0 Å². The Morgan fingerprint density at radius 1 is 1.38 bits per heavy atom. The Kier molecular flexibility index (Phi) is 5.10. The fourth-order valence-electron chi connectivity index (χ4n) is 3.22. The highest BCUT2D eigenvalue weighted by molar-refractivity contribution is 7.17. The van der Waals surface area contributed by atoms with Crippen molar-refractivity contribution in [3.8, 4) is 0 Å². The molecule has 1 aliphatic carbocycles. The van der Waals surface area contributed by atoms with Crippen molar-refractivity contribution in [1.29, 1.82) is 0 Å². The summed E-state index contributed by atoms with van der Waals surface area (Å²) in [4.78, 5) is 36.2. The quantitative estimate of drug-likeness (QED) is 0.466. The number of hydrogen-bond acceptors (Lipinski definition) is 7. The number of fused-ring (bicyclic) bond motifs is 1. The standard InChI is InChI=1S/C15H18N2O6S/c18-13(16-7-8-22-11-4-2-1-3-10(11)16)9-23-15(19)12-5-6-14(24-12)17(20)21/h5-6,10-11H,1-4,7-9H2/t10-,11-/m1/s1. The largest absolute Gasteiger partial charge is 0.451 e. The summed E-state index contributed by atoms with van der Waals surface area (Å²) < 4.78 is 10.8. The van der Waals surface area contributed by atoms with E-state index < -0.39 is 10.9 Å². The van der Waals surface area contributed by atoms with E-state index in [1.165, 1.54) is 12.1 Å². The first-order chi connectivity index (χ1) is 11.6. The Hall–Kier alpha value is -2.00. The van der Waals surface area contributed by atoms with Gasteiger partial charge < -0.3 is 14.4 Å². The molecule has 0 radical (unpaired) electrons. The van der Waals surface area contributed by atoms with Crippen LogP contribution in [0, 0.1) is 10.1 Å². The van der Waals surface area contributed by atoms with Gasteiger partial charge in [0.2, 0.25) is 0 Å². The normalized spacial score (nSPS) is 23.4. The zero-order chi connectivity index (χ0) is 17.1. The number of esters is 1. The minimum Gasteiger partial charge on any atom is -0.451 e. The minimum atomic E-state index is -0.713. The van der Waals surface area contributed by atoms with Gasteiger partial charge in [0, 0.05) is 12.6 Å². The molecule has 9 heteroatoms. The first-order valence-electron chi connectivity index (χ1n) is 7.88. The number of morpholine rings is 1. The Labute approximate surface area is 142 Å². The van der Waals surface area contributed by atoms with E-state index in [9.17, 15) is 19.7 Å². The predicted octanol–water partition coefficient (Wildman–Crippen LogP) is 1.98. The summed E-state index contributed by atoms with van der Waals surface area (Å²) in [6.45, 7) is 0.647. The fraction of sp³-hybridized carbons (Fsp3) is 0.600. The summed E-state index contributed by atoms with van der Waals surface area (Å²) >= 11 is 0.736. The van der Waals surface area contributed by atoms with Crippen LogP contribution in [0.25, 0.3) is 0 Å². The van der Waals surface area contributed by atoms with Crippen molar-refractivity contribution in [2.75, 3.05) is 19.8 Å². The van der Waals surface area contributed by atoms with Gasteiger partial charge in [-0.05, 0) is 18.9 Å². The average Bonchev–Trinajstić information content (AvgIpc) is 3.09. The van der Waals surface area contributed by atoms with Crippen LogP contribution in [0.15, 0.2) is 12.1 Å². The van der Waals surface area contributed by atoms with E-state index in [0.29, 0.717) is 13.2 Å². The van der Waals surface area contributed by atoms with E-state index >= 15 is 0 Å². The molecule has 1 saturated heterocycles. The maximum absolute atomic E-state index is 12.4. The Morgan fingerprint density at radius 2 is 2.17 bits per heavy atom. The summed E-state index contributed by atoms with van der Waals surface area (Å²) in [6, 6.07) is 2.64. The Balaban J connectivity index is 1.56. The second kappa shape index (κ2) is 7.27. The molecule has 1 saturated carbocycles. The molecule has 8 nitrogen and oxygen atoms in total. The number of hydrogen-bond donors (Lipinski definition) is 0. The second-order valence-electron chi connectivity index (χ2n) is 5.82. The van der Waals surface area contributed by atoms with Crippen LogP contribution in [-0.2, 0) is 14.3 Å². The maximum atomic E-state index is 12.4. The highest BCUT2D eigenvalue weighted by Crippen LogP contribution is 2.28. The summed E-state index contributed by atoms with van der Waals surface area (Å²) in [5, 5.41) is 10.5. The van der Waals surface area contributed by atoms with Gasteiger partial charge in [-0.2, -0.15) is 0 Å². The molecule has 3 rings (SSSR count). The van der Waals surface area contributed by atoms with Gasteiger partial charge in [-0.25, -0.2) is 4.79 Å². The Morgan fingerprint density at radius 3 is 2.92 bits per heavy atom. The number of nitrogens with zero attached hydrogens (tertiary/aromatic N) is 2. The molecule has 2 atom stereocenters. The second-order valence-corrected chi connectivity index (χ2v) is 6.88. The summed E-state index contributed by atoms with van der Waals surface area (Å²) in [7, 11) is 0. The number of carbonyl (C=O) groups is 2. The SMILES string of the molecule is O=C(OCC(=O)N1CCO[C@@H]2CCCC[C@H]21)c1ccc([N+](=O)[O-])s1. The summed E-state index contributed by atoms with van der Waals surface area (Å²) in [5.74, 6) is -0.954. The lowest BCUT2D eigenvalue weighted by Crippen LogP contribution is -2.55. The predicted molar refractivity (Wildman–Crippen MR) is 85.0 cm³/mol. The molecule has 2 aliphatic rings. The van der Waals surface area contributed by atoms with Gasteiger partial charge in [0.05, 0.1) is 23.7 Å². The van der Waals surface area contributed by atoms with Gasteiger partial charge in [-0.3, -0.25) is 14.9 Å². The van der Waals surface area contributed by atoms with Gasteiger partial charge in [0.1, 0.15) is 4.88 Å². The van der Waals surface area contributed by atoms with E-state index in [0.717, 1.165) is 37.0 Å². The van der Waals surface area contributed by atoms with Crippen LogP contribution in [0.3, 0.4) is 0 Å². The van der Waals surface area contributed by atoms with E-state index in [4.69, 9.17) is 9.47 Å². The molecular weight excluding hydrogens is 336 g/mol. The molecule has 0 N–H and O–H groups in total. The molecule has 130 valence electrons. The number of rotatable bonds is 4. The first-order valence-corrected chi connectivity index (χ1v) is 8.70. The van der Waals surface area contributed by atoms with Crippen LogP contribution in [0.1, 0.15) is 35.4 Å². The highest BCUT2D eigenvalue weighted by Gasteiger charge is 2.36. The van der Waals surface area contributed by atoms with E-state index in [2.05, 4.69) is 0 Å². The molecular formula is C15H18N2O6S. The minimum absolute atomic E-state index is 0.0570. The number of nitro groups is 1. The molecule has 0 spiro atoms. The van der Waals surface area contributed by atoms with E-state index in [-0.39, 0.29) is 34.5 Å². The molecule has 1 aromatic heterocycles. The molecule has 1 aliphatic heterocycles. The lowest BCUT2D eigenvalue weighted by molar-refractivity contribution is -0.380. The maximum Gasteiger partial charge on any atom is 0.349 e. The van der Waals surface area contributed by atoms with Crippen molar-refractivity contribution in [2.45, 2.75) is 37.8 Å². The summed E-state index contributed by atoms with van der Waals surface area (Å²) in [6.07, 6.45) is 4.10. The lowest BCUT2D eigenvalue weighted by atomic mass is 9.90. The van der Waals surface area contributed by atoms with Crippen molar-refractivity contribution < 1.29 is 24.0 Å². The van der Waals surface area contributed by atoms with Gasteiger partial charge in [-0.1, -0.05) is 24.2 Å². The van der Waals surface area contributed by atoms with Crippen LogP contribution in [0.4, 0.5) is 5.00 Å². The first kappa shape index (κ1) is 16.8. The van der Waals surface area contributed by atoms with Crippen LogP contribution in [-0.4, -0.2) is 53.6 Å². The van der Waals surface area contributed by atoms with Crippen molar-refractivity contribution >= 4 is 28.2 Å². The van der Waals surface area contributed by atoms with Gasteiger partial charge in [0.15, 0.2) is 6.61 Å². The van der Waals surface area contributed by atoms with E-state index in [1.54, 1.807) is 4.90 Å². The number of carbonyl (C=O) groups excluding carboxylic acids is 2. The monoisotopic (exact) mass is 354 g/mol. The molecule has 2 heterocycles. The lowest BCUT2D eigenvalue weighted by Gasteiger charge is -2.43. The van der Waals surface area contributed by atoms with Crippen molar-refractivity contribution in [3.05, 3.63) is 27.1 Å². The third-order valence-electron chi connectivity index (χ3n) is 4.35. The van der Waals surface area contributed by atoms with Gasteiger partial charge in [-0.15, -0.1) is 0 Å². The van der Waals surface area contributed by atoms with Crippen molar-refractivity contribution in [2.24, 2.45) is 0 Å². The average molecular weight is 354 g/mol. The van der Waals surface area contributed by atoms with Crippen molar-refractivity contribution in [1.82, 2.24) is 4.90 Å². The van der Waals surface area contributed by atoms with Crippen LogP contribution in [0.5, 0.6) is 0 Å². The van der Waals surface area contributed by atoms with Crippen molar-refractivity contribution in [3.63, 3.8) is 0 Å². The number of thiophene rings is 1. The highest BCUT2D eigenvalue weighted by atomic mass is 32.1. The number of ether oxygens (including phenoxy) is 2. The van der Waals surface area contributed by atoms with Crippen LogP contribution in [0.2, 0.25) is 0 Å². The molecule has 1 aromatic rings. The molecule has 24 heavy (non-hydrogen) atoms. The third-order valence-corrected chi connectivity index (χ3v) is 5.37. The smallest absolute Gasteiger partial charge is 0.349 e. The zero-order valence-corrected chi connectivity index (χ0v) is 13.8. The fourth-order valence-corrected chi connectivity index (χ4v) is 3.94. The molecule has 0 bridgehead atoms. The van der Waals surface area contributed by atoms with Crippen LogP contribution < -0.4 is 0 Å². The van der Waals surface area contributed by atoms with Gasteiger partial charge >= 0.3 is 11.0 Å². The van der Waals surface area contributed by atoms with Crippen LogP contribution >= 0.6 is 11.3 Å². The Bertz CT molecular complexity index is 644. The molecule has 1 amide bonds. The molecule has 0 unspecified atom stereocenters. The molecule has 0 aromatic carbocycles. The topological polar surface area (TPSA) is 99.0 Å². The van der Waals surface area contributed by atoms with Gasteiger partial charge in [0.25, 0.3) is 5.91 Å². The zero-order valence-electron chi connectivity index (χ0n) is 13.0.